The van der Waals surface area contributed by atoms with E-state index >= 15 is 0 Å². The molecule has 0 bridgehead atoms. The van der Waals surface area contributed by atoms with Crippen LogP contribution in [0.25, 0.3) is 11.1 Å². The molecule has 0 N–H and O–H groups in total. The highest BCUT2D eigenvalue weighted by Crippen LogP contribution is 2.38. The van der Waals surface area contributed by atoms with E-state index in [0.29, 0.717) is 27.5 Å². The summed E-state index contributed by atoms with van der Waals surface area (Å²) in [6.07, 6.45) is 1.71. The number of rotatable bonds is 3. The zero-order valence-corrected chi connectivity index (χ0v) is 15.7. The number of thiazole rings is 1. The average Bonchev–Trinajstić information content (AvgIpc) is 3.23. The number of hydrogen-bond acceptors (Lipinski definition) is 5. The highest BCUT2D eigenvalue weighted by molar-refractivity contribution is 7.99. The Morgan fingerprint density at radius 2 is 2.16 bits per heavy atom. The van der Waals surface area contributed by atoms with E-state index in [9.17, 15) is 9.90 Å². The number of halogens is 1. The lowest BCUT2D eigenvalue weighted by atomic mass is 10.1. The van der Waals surface area contributed by atoms with E-state index in [2.05, 4.69) is 4.98 Å². The SMILES string of the molecule is CC[n+]1c([O-])c(-c2ccccc2)c(=O)n2c1SC[C@@H]2c1cnc(Cl)s1. The molecule has 1 aromatic carbocycles. The van der Waals surface area contributed by atoms with Crippen LogP contribution in [0, 0.1) is 0 Å². The van der Waals surface area contributed by atoms with Crippen molar-refractivity contribution in [3.63, 3.8) is 0 Å². The van der Waals surface area contributed by atoms with Gasteiger partial charge < -0.3 is 5.11 Å². The largest absolute Gasteiger partial charge is 0.842 e. The van der Waals surface area contributed by atoms with E-state index in [4.69, 9.17) is 11.6 Å². The summed E-state index contributed by atoms with van der Waals surface area (Å²) in [7, 11) is 0. The molecule has 0 fully saturated rings. The van der Waals surface area contributed by atoms with Gasteiger partial charge in [0.15, 0.2) is 10.5 Å². The first-order chi connectivity index (χ1) is 12.1. The second kappa shape index (κ2) is 6.48. The summed E-state index contributed by atoms with van der Waals surface area (Å²) in [4.78, 5) is 18.3. The lowest BCUT2D eigenvalue weighted by Crippen LogP contribution is -2.45. The third-order valence-electron chi connectivity index (χ3n) is 4.21. The van der Waals surface area contributed by atoms with Gasteiger partial charge in [-0.1, -0.05) is 41.9 Å². The van der Waals surface area contributed by atoms with Crippen LogP contribution in [0.2, 0.25) is 4.47 Å². The van der Waals surface area contributed by atoms with E-state index in [0.717, 1.165) is 4.88 Å². The minimum atomic E-state index is -0.254. The summed E-state index contributed by atoms with van der Waals surface area (Å²) < 4.78 is 3.85. The molecule has 1 aliphatic rings. The smallest absolute Gasteiger partial charge is 0.345 e. The Hall–Kier alpha value is -1.83. The van der Waals surface area contributed by atoms with Crippen LogP contribution in [0.3, 0.4) is 0 Å². The van der Waals surface area contributed by atoms with Gasteiger partial charge in [0.1, 0.15) is 5.56 Å². The van der Waals surface area contributed by atoms with Gasteiger partial charge in [0.05, 0.1) is 23.1 Å². The third kappa shape index (κ3) is 2.67. The minimum Gasteiger partial charge on any atom is -0.842 e. The molecule has 3 aromatic rings. The number of thioether (sulfide) groups is 1. The van der Waals surface area contributed by atoms with E-state index in [1.165, 1.54) is 23.1 Å². The molecule has 0 saturated carbocycles. The number of fused-ring (bicyclic) bond motifs is 1. The molecule has 0 amide bonds. The molecule has 25 heavy (non-hydrogen) atoms. The maximum atomic E-state index is 13.2. The van der Waals surface area contributed by atoms with Crippen LogP contribution in [0.5, 0.6) is 5.88 Å². The van der Waals surface area contributed by atoms with Gasteiger partial charge in [-0.15, -0.1) is 11.3 Å². The fourth-order valence-corrected chi connectivity index (χ4v) is 5.56. The zero-order chi connectivity index (χ0) is 17.6. The molecule has 3 heterocycles. The summed E-state index contributed by atoms with van der Waals surface area (Å²) in [5, 5.41) is 13.6. The highest BCUT2D eigenvalue weighted by Gasteiger charge is 2.38. The molecule has 0 aliphatic carbocycles. The Labute approximate surface area is 157 Å². The van der Waals surface area contributed by atoms with Crippen LogP contribution in [-0.2, 0) is 6.54 Å². The molecule has 0 radical (unpaired) electrons. The fraction of sp³-hybridized carbons (Fsp3) is 0.235. The first kappa shape index (κ1) is 16.6. The topological polar surface area (TPSA) is 61.8 Å². The van der Waals surface area contributed by atoms with E-state index in [-0.39, 0.29) is 23.0 Å². The van der Waals surface area contributed by atoms with Crippen molar-refractivity contribution in [3.05, 3.63) is 56.2 Å². The van der Waals surface area contributed by atoms with Gasteiger partial charge >= 0.3 is 10.7 Å². The Bertz CT molecular complexity index is 1000. The predicted molar refractivity (Wildman–Crippen MR) is 97.4 cm³/mol. The van der Waals surface area contributed by atoms with Crippen molar-refractivity contribution < 1.29 is 9.67 Å². The lowest BCUT2D eigenvalue weighted by molar-refractivity contribution is -0.768. The highest BCUT2D eigenvalue weighted by atomic mass is 35.5. The molecule has 5 nitrogen and oxygen atoms in total. The number of benzene rings is 1. The molecule has 128 valence electrons. The summed E-state index contributed by atoms with van der Waals surface area (Å²) in [6, 6.07) is 8.97. The summed E-state index contributed by atoms with van der Waals surface area (Å²) in [5.41, 5.74) is 0.609. The Morgan fingerprint density at radius 1 is 1.40 bits per heavy atom. The standard InChI is InChI=1S/C17H14ClN3O2S2/c1-2-20-14(22)13(10-6-4-3-5-7-10)15(23)21-11(9-24-17(20)21)12-8-19-16(18)25-12/h3-8,11H,2,9H2,1H3/t11-/m1/s1. The normalized spacial score (nSPS) is 16.2. The van der Waals surface area contributed by atoms with Crippen LogP contribution in [-0.4, -0.2) is 15.3 Å². The molecule has 0 spiro atoms. The third-order valence-corrected chi connectivity index (χ3v) is 6.59. The summed E-state index contributed by atoms with van der Waals surface area (Å²) >= 11 is 8.87. The molecule has 0 saturated heterocycles. The van der Waals surface area contributed by atoms with Crippen LogP contribution < -0.4 is 15.2 Å². The monoisotopic (exact) mass is 391 g/mol. The van der Waals surface area contributed by atoms with Crippen molar-refractivity contribution in [2.24, 2.45) is 0 Å². The van der Waals surface area contributed by atoms with Crippen molar-refractivity contribution >= 4 is 34.7 Å². The second-order valence-corrected chi connectivity index (χ2v) is 8.22. The maximum absolute atomic E-state index is 13.2. The maximum Gasteiger partial charge on any atom is 0.345 e. The van der Waals surface area contributed by atoms with Crippen LogP contribution in [0.15, 0.2) is 46.5 Å². The molecule has 1 aliphatic heterocycles. The van der Waals surface area contributed by atoms with Gasteiger partial charge in [-0.25, -0.2) is 14.3 Å². The molecule has 4 rings (SSSR count). The van der Waals surface area contributed by atoms with Crippen molar-refractivity contribution in [1.82, 2.24) is 9.55 Å². The summed E-state index contributed by atoms with van der Waals surface area (Å²) in [5.74, 6) is 0.450. The summed E-state index contributed by atoms with van der Waals surface area (Å²) in [6.45, 7) is 2.43. The predicted octanol–water partition coefficient (Wildman–Crippen LogP) is 2.70. The molecule has 0 unspecified atom stereocenters. The minimum absolute atomic E-state index is 0.154. The Balaban J connectivity index is 1.99. The fourth-order valence-electron chi connectivity index (χ4n) is 3.06. The quantitative estimate of drug-likeness (QED) is 0.508. The lowest BCUT2D eigenvalue weighted by Gasteiger charge is -2.17. The average molecular weight is 392 g/mol. The van der Waals surface area contributed by atoms with Crippen LogP contribution in [0.4, 0.5) is 0 Å². The Morgan fingerprint density at radius 3 is 2.80 bits per heavy atom. The van der Waals surface area contributed by atoms with Gasteiger partial charge in [-0.3, -0.25) is 0 Å². The van der Waals surface area contributed by atoms with Crippen LogP contribution in [0.1, 0.15) is 17.8 Å². The molecule has 2 aromatic heterocycles. The molecule has 8 heteroatoms. The van der Waals surface area contributed by atoms with Crippen molar-refractivity contribution in [2.45, 2.75) is 24.7 Å². The van der Waals surface area contributed by atoms with Gasteiger partial charge in [-0.05, 0) is 24.2 Å². The number of aromatic nitrogens is 3. The number of hydrogen-bond donors (Lipinski definition) is 0. The molecule has 1 atom stereocenters. The van der Waals surface area contributed by atoms with Crippen molar-refractivity contribution in [2.75, 3.05) is 5.75 Å². The number of nitrogens with zero attached hydrogens (tertiary/aromatic N) is 3. The van der Waals surface area contributed by atoms with E-state index in [1.54, 1.807) is 27.5 Å². The van der Waals surface area contributed by atoms with Crippen molar-refractivity contribution in [1.29, 1.82) is 0 Å². The van der Waals surface area contributed by atoms with Gasteiger partial charge in [-0.2, -0.15) is 4.57 Å². The first-order valence-corrected chi connectivity index (χ1v) is 9.98. The van der Waals surface area contributed by atoms with Gasteiger partial charge in [0.25, 0.3) is 0 Å². The zero-order valence-electron chi connectivity index (χ0n) is 13.3. The van der Waals surface area contributed by atoms with Crippen molar-refractivity contribution in [3.8, 4) is 17.0 Å². The van der Waals surface area contributed by atoms with E-state index < -0.39 is 0 Å². The first-order valence-electron chi connectivity index (χ1n) is 7.80. The van der Waals surface area contributed by atoms with Crippen LogP contribution >= 0.6 is 34.7 Å². The van der Waals surface area contributed by atoms with Gasteiger partial charge in [0.2, 0.25) is 0 Å². The second-order valence-electron chi connectivity index (χ2n) is 5.59. The molecular weight excluding hydrogens is 378 g/mol. The van der Waals surface area contributed by atoms with E-state index in [1.807, 2.05) is 25.1 Å². The van der Waals surface area contributed by atoms with Gasteiger partial charge in [0, 0.05) is 6.20 Å². The molecular formula is C17H14ClN3O2S2. The Kier molecular flexibility index (Phi) is 4.31.